The average molecular weight is 224 g/mol. The summed E-state index contributed by atoms with van der Waals surface area (Å²) in [5, 5.41) is 0.866. The molecule has 0 amide bonds. The summed E-state index contributed by atoms with van der Waals surface area (Å²) in [6.45, 7) is 6.75. The minimum atomic E-state index is 0.696. The van der Waals surface area contributed by atoms with E-state index in [1.165, 1.54) is 30.6 Å². The number of fused-ring (bicyclic) bond motifs is 1. The van der Waals surface area contributed by atoms with Gasteiger partial charge in [0.05, 0.1) is 0 Å². The van der Waals surface area contributed by atoms with Crippen LogP contribution in [-0.2, 0) is 0 Å². The summed E-state index contributed by atoms with van der Waals surface area (Å²) in [4.78, 5) is 2.44. The van der Waals surface area contributed by atoms with Crippen molar-refractivity contribution in [3.63, 3.8) is 0 Å². The Labute approximate surface area is 97.0 Å². The van der Waals surface area contributed by atoms with Crippen molar-refractivity contribution in [3.05, 3.63) is 28.8 Å². The molecular weight excluding hydrogens is 206 g/mol. The Morgan fingerprint density at radius 1 is 1.40 bits per heavy atom. The predicted molar refractivity (Wildman–Crippen MR) is 67.0 cm³/mol. The van der Waals surface area contributed by atoms with Crippen LogP contribution in [0.5, 0.6) is 0 Å². The molecule has 0 N–H and O–H groups in total. The minimum Gasteiger partial charge on any atom is -0.372 e. The van der Waals surface area contributed by atoms with Gasteiger partial charge in [0.25, 0.3) is 0 Å². The second-order valence-electron chi connectivity index (χ2n) is 4.18. The first-order valence-corrected chi connectivity index (χ1v) is 6.18. The van der Waals surface area contributed by atoms with Gasteiger partial charge in [-0.2, -0.15) is 0 Å². The second kappa shape index (κ2) is 4.44. The number of benzene rings is 1. The Hall–Kier alpha value is -0.690. The van der Waals surface area contributed by atoms with Crippen LogP contribution < -0.4 is 4.90 Å². The fourth-order valence-electron chi connectivity index (χ4n) is 2.48. The second-order valence-corrected chi connectivity index (χ2v) is 4.61. The molecule has 0 spiro atoms. The van der Waals surface area contributed by atoms with Gasteiger partial charge in [-0.3, -0.25) is 0 Å². The van der Waals surface area contributed by atoms with E-state index in [1.54, 1.807) is 0 Å². The third-order valence-corrected chi connectivity index (χ3v) is 3.63. The van der Waals surface area contributed by atoms with E-state index < -0.39 is 0 Å². The average Bonchev–Trinajstić information content (AvgIpc) is 2.27. The molecule has 1 aliphatic heterocycles. The molecule has 0 fully saturated rings. The molecule has 1 atom stereocenters. The summed E-state index contributed by atoms with van der Waals surface area (Å²) in [6, 6.07) is 6.32. The summed E-state index contributed by atoms with van der Waals surface area (Å²) < 4.78 is 0. The molecule has 1 unspecified atom stereocenters. The molecular formula is C13H18ClN. The van der Waals surface area contributed by atoms with Crippen molar-refractivity contribution in [2.45, 2.75) is 32.6 Å². The molecule has 2 rings (SSSR count). The molecule has 0 saturated carbocycles. The van der Waals surface area contributed by atoms with E-state index in [9.17, 15) is 0 Å². The Bertz CT molecular complexity index is 348. The summed E-state index contributed by atoms with van der Waals surface area (Å²) in [7, 11) is 0. The van der Waals surface area contributed by atoms with Gasteiger partial charge in [-0.15, -0.1) is 0 Å². The Balaban J connectivity index is 2.43. The highest BCUT2D eigenvalue weighted by atomic mass is 35.5. The van der Waals surface area contributed by atoms with Gasteiger partial charge in [0.15, 0.2) is 0 Å². The maximum atomic E-state index is 6.07. The number of hydrogen-bond acceptors (Lipinski definition) is 1. The van der Waals surface area contributed by atoms with Gasteiger partial charge in [0.1, 0.15) is 0 Å². The van der Waals surface area contributed by atoms with Crippen molar-refractivity contribution >= 4 is 17.3 Å². The fourth-order valence-corrected chi connectivity index (χ4v) is 2.66. The third kappa shape index (κ3) is 1.98. The van der Waals surface area contributed by atoms with Crippen LogP contribution in [0.3, 0.4) is 0 Å². The Morgan fingerprint density at radius 3 is 2.87 bits per heavy atom. The lowest BCUT2D eigenvalue weighted by atomic mass is 9.88. The van der Waals surface area contributed by atoms with E-state index in [2.05, 4.69) is 30.9 Å². The number of halogens is 1. The minimum absolute atomic E-state index is 0.696. The standard InChI is InChI=1S/C13H18ClN/c1-3-10-7-8-15(4-2)13-6-5-11(14)9-12(10)13/h5-6,9-10H,3-4,7-8H2,1-2H3. The molecule has 15 heavy (non-hydrogen) atoms. The van der Waals surface area contributed by atoms with Gasteiger partial charge >= 0.3 is 0 Å². The SMILES string of the molecule is CCC1CCN(CC)c2ccc(Cl)cc21. The molecule has 0 radical (unpaired) electrons. The molecule has 2 heteroatoms. The van der Waals surface area contributed by atoms with E-state index in [0.717, 1.165) is 11.6 Å². The lowest BCUT2D eigenvalue weighted by molar-refractivity contribution is 0.566. The zero-order valence-corrected chi connectivity index (χ0v) is 10.2. The smallest absolute Gasteiger partial charge is 0.0410 e. The topological polar surface area (TPSA) is 3.24 Å². The van der Waals surface area contributed by atoms with Crippen molar-refractivity contribution < 1.29 is 0 Å². The van der Waals surface area contributed by atoms with Gasteiger partial charge in [-0.25, -0.2) is 0 Å². The fraction of sp³-hybridized carbons (Fsp3) is 0.538. The Morgan fingerprint density at radius 2 is 2.20 bits per heavy atom. The zero-order valence-electron chi connectivity index (χ0n) is 9.46. The van der Waals surface area contributed by atoms with E-state index in [1.807, 2.05) is 6.07 Å². The van der Waals surface area contributed by atoms with Crippen LogP contribution >= 0.6 is 11.6 Å². The van der Waals surface area contributed by atoms with Crippen LogP contribution in [0, 0.1) is 0 Å². The maximum Gasteiger partial charge on any atom is 0.0410 e. The lowest BCUT2D eigenvalue weighted by Crippen LogP contribution is -2.30. The number of nitrogens with zero attached hydrogens (tertiary/aromatic N) is 1. The van der Waals surface area contributed by atoms with Gasteiger partial charge in [-0.1, -0.05) is 18.5 Å². The molecule has 1 aliphatic rings. The Kier molecular flexibility index (Phi) is 3.20. The molecule has 0 aromatic heterocycles. The molecule has 0 saturated heterocycles. The van der Waals surface area contributed by atoms with Crippen LogP contribution in [0.1, 0.15) is 38.2 Å². The summed E-state index contributed by atoms with van der Waals surface area (Å²) in [6.07, 6.45) is 2.47. The zero-order chi connectivity index (χ0) is 10.8. The first-order valence-electron chi connectivity index (χ1n) is 5.80. The number of anilines is 1. The quantitative estimate of drug-likeness (QED) is 0.731. The molecule has 0 aliphatic carbocycles. The van der Waals surface area contributed by atoms with Crippen LogP contribution in [0.25, 0.3) is 0 Å². The summed E-state index contributed by atoms with van der Waals surface area (Å²) in [5.41, 5.74) is 2.83. The van der Waals surface area contributed by atoms with Crippen molar-refractivity contribution in [1.29, 1.82) is 0 Å². The summed E-state index contributed by atoms with van der Waals surface area (Å²) >= 11 is 6.07. The molecule has 1 aromatic rings. The molecule has 82 valence electrons. The normalized spacial score (nSPS) is 20.2. The van der Waals surface area contributed by atoms with E-state index in [-0.39, 0.29) is 0 Å². The molecule has 0 bridgehead atoms. The largest absolute Gasteiger partial charge is 0.372 e. The highest BCUT2D eigenvalue weighted by Crippen LogP contribution is 2.38. The van der Waals surface area contributed by atoms with Gasteiger partial charge in [0, 0.05) is 23.8 Å². The lowest BCUT2D eigenvalue weighted by Gasteiger charge is -2.35. The molecule has 1 heterocycles. The third-order valence-electron chi connectivity index (χ3n) is 3.39. The van der Waals surface area contributed by atoms with Crippen molar-refractivity contribution in [3.8, 4) is 0 Å². The highest BCUT2D eigenvalue weighted by Gasteiger charge is 2.22. The first kappa shape index (κ1) is 10.8. The molecule has 1 aromatic carbocycles. The monoisotopic (exact) mass is 223 g/mol. The van der Waals surface area contributed by atoms with Crippen molar-refractivity contribution in [2.24, 2.45) is 0 Å². The maximum absolute atomic E-state index is 6.07. The van der Waals surface area contributed by atoms with E-state index in [0.29, 0.717) is 5.92 Å². The highest BCUT2D eigenvalue weighted by molar-refractivity contribution is 6.30. The van der Waals surface area contributed by atoms with E-state index >= 15 is 0 Å². The van der Waals surface area contributed by atoms with Crippen molar-refractivity contribution in [1.82, 2.24) is 0 Å². The first-order chi connectivity index (χ1) is 7.26. The van der Waals surface area contributed by atoms with Crippen molar-refractivity contribution in [2.75, 3.05) is 18.0 Å². The predicted octanol–water partition coefficient (Wildman–Crippen LogP) is 4.06. The van der Waals surface area contributed by atoms with Gasteiger partial charge < -0.3 is 4.90 Å². The van der Waals surface area contributed by atoms with Gasteiger partial charge in [-0.05, 0) is 49.4 Å². The van der Waals surface area contributed by atoms with Crippen LogP contribution in [-0.4, -0.2) is 13.1 Å². The van der Waals surface area contributed by atoms with E-state index in [4.69, 9.17) is 11.6 Å². The van der Waals surface area contributed by atoms with Crippen LogP contribution in [0.15, 0.2) is 18.2 Å². The summed E-state index contributed by atoms with van der Waals surface area (Å²) in [5.74, 6) is 0.696. The van der Waals surface area contributed by atoms with Crippen LogP contribution in [0.4, 0.5) is 5.69 Å². The van der Waals surface area contributed by atoms with Crippen LogP contribution in [0.2, 0.25) is 5.02 Å². The number of rotatable bonds is 2. The van der Waals surface area contributed by atoms with Gasteiger partial charge in [0.2, 0.25) is 0 Å². The number of hydrogen-bond donors (Lipinski definition) is 0. The molecule has 1 nitrogen and oxygen atoms in total.